The van der Waals surface area contributed by atoms with Gasteiger partial charge in [0.2, 0.25) is 5.88 Å². The summed E-state index contributed by atoms with van der Waals surface area (Å²) < 4.78 is 6.08. The minimum atomic E-state index is -1.20. The fourth-order valence-corrected chi connectivity index (χ4v) is 3.74. The van der Waals surface area contributed by atoms with Crippen LogP contribution in [-0.2, 0) is 17.8 Å². The standard InChI is InChI=1S/C25H24N4O5/c1-34-23-13-11-18(14-26-23)17-9-6-16(7-10-17)8-12-22(30)20(25(32)33)15-29-24(31)19-4-2-3-5-21(19)27-28-29/h2-7,9-11,13-14,20,22,30H,8,12,15H2,1H3,(H,32,33)/t20-,22+/m0/s1. The summed E-state index contributed by atoms with van der Waals surface area (Å²) in [6.45, 7) is -0.267. The number of hydrogen-bond acceptors (Lipinski definition) is 7. The van der Waals surface area contributed by atoms with E-state index in [1.165, 1.54) is 0 Å². The molecule has 9 heteroatoms. The van der Waals surface area contributed by atoms with Crippen molar-refractivity contribution in [1.82, 2.24) is 20.0 Å². The summed E-state index contributed by atoms with van der Waals surface area (Å²) in [7, 11) is 1.56. The molecule has 0 saturated carbocycles. The van der Waals surface area contributed by atoms with E-state index < -0.39 is 23.6 Å². The molecule has 2 atom stereocenters. The molecule has 2 aromatic carbocycles. The molecule has 9 nitrogen and oxygen atoms in total. The zero-order valence-electron chi connectivity index (χ0n) is 18.5. The van der Waals surface area contributed by atoms with Gasteiger partial charge in [0.15, 0.2) is 0 Å². The second kappa shape index (κ2) is 10.2. The first-order valence-corrected chi connectivity index (χ1v) is 10.8. The highest BCUT2D eigenvalue weighted by Gasteiger charge is 2.28. The molecule has 2 aromatic heterocycles. The average Bonchev–Trinajstić information content (AvgIpc) is 2.87. The van der Waals surface area contributed by atoms with Crippen molar-refractivity contribution >= 4 is 16.9 Å². The summed E-state index contributed by atoms with van der Waals surface area (Å²) in [5, 5.41) is 28.5. The van der Waals surface area contributed by atoms with Crippen LogP contribution in [0.15, 0.2) is 71.7 Å². The first-order chi connectivity index (χ1) is 16.5. The van der Waals surface area contributed by atoms with Crippen LogP contribution in [0, 0.1) is 5.92 Å². The highest BCUT2D eigenvalue weighted by atomic mass is 16.5. The van der Waals surface area contributed by atoms with Crippen LogP contribution < -0.4 is 10.3 Å². The number of nitrogens with zero attached hydrogens (tertiary/aromatic N) is 4. The van der Waals surface area contributed by atoms with Crippen LogP contribution in [0.5, 0.6) is 5.88 Å². The molecule has 0 amide bonds. The summed E-state index contributed by atoms with van der Waals surface area (Å²) in [5.41, 5.74) is 2.88. The fourth-order valence-electron chi connectivity index (χ4n) is 3.74. The third kappa shape index (κ3) is 5.10. The van der Waals surface area contributed by atoms with E-state index in [2.05, 4.69) is 15.3 Å². The van der Waals surface area contributed by atoms with Gasteiger partial charge in [0, 0.05) is 17.8 Å². The molecule has 4 aromatic rings. The van der Waals surface area contributed by atoms with Crippen molar-refractivity contribution in [2.75, 3.05) is 7.11 Å². The molecule has 0 aliphatic carbocycles. The van der Waals surface area contributed by atoms with Crippen LogP contribution in [0.1, 0.15) is 12.0 Å². The van der Waals surface area contributed by atoms with E-state index in [0.29, 0.717) is 23.2 Å². The van der Waals surface area contributed by atoms with Crippen molar-refractivity contribution in [3.63, 3.8) is 0 Å². The minimum Gasteiger partial charge on any atom is -0.481 e. The lowest BCUT2D eigenvalue weighted by Crippen LogP contribution is -2.37. The quantitative estimate of drug-likeness (QED) is 0.390. The zero-order chi connectivity index (χ0) is 24.1. The third-order valence-electron chi connectivity index (χ3n) is 5.74. The smallest absolute Gasteiger partial charge is 0.311 e. The summed E-state index contributed by atoms with van der Waals surface area (Å²) in [4.78, 5) is 28.7. The van der Waals surface area contributed by atoms with Gasteiger partial charge in [-0.1, -0.05) is 41.6 Å². The van der Waals surface area contributed by atoms with E-state index in [1.807, 2.05) is 30.3 Å². The lowest BCUT2D eigenvalue weighted by molar-refractivity contribution is -0.146. The maximum atomic E-state index is 12.6. The Kier molecular flexibility index (Phi) is 6.93. The molecule has 0 aliphatic rings. The number of fused-ring (bicyclic) bond motifs is 1. The lowest BCUT2D eigenvalue weighted by atomic mass is 9.95. The van der Waals surface area contributed by atoms with E-state index in [-0.39, 0.29) is 13.0 Å². The number of ether oxygens (including phenoxy) is 1. The second-order valence-corrected chi connectivity index (χ2v) is 7.93. The molecule has 4 rings (SSSR count). The zero-order valence-corrected chi connectivity index (χ0v) is 18.5. The molecule has 2 N–H and O–H groups in total. The Balaban J connectivity index is 1.42. The van der Waals surface area contributed by atoms with Gasteiger partial charge in [0.25, 0.3) is 5.56 Å². The van der Waals surface area contributed by atoms with E-state index in [9.17, 15) is 19.8 Å². The molecule has 0 aliphatic heterocycles. The van der Waals surface area contributed by atoms with Gasteiger partial charge in [-0.3, -0.25) is 9.59 Å². The number of hydrogen-bond donors (Lipinski definition) is 2. The number of benzene rings is 2. The van der Waals surface area contributed by atoms with Crippen LogP contribution in [-0.4, -0.2) is 49.4 Å². The number of aliphatic carboxylic acids is 1. The van der Waals surface area contributed by atoms with Crippen molar-refractivity contribution in [3.05, 3.63) is 82.8 Å². The number of aryl methyl sites for hydroxylation is 1. The van der Waals surface area contributed by atoms with Gasteiger partial charge < -0.3 is 14.9 Å². The van der Waals surface area contributed by atoms with Gasteiger partial charge in [0.1, 0.15) is 11.4 Å². The van der Waals surface area contributed by atoms with E-state index in [0.717, 1.165) is 21.4 Å². The molecular weight excluding hydrogens is 436 g/mol. The van der Waals surface area contributed by atoms with Gasteiger partial charge >= 0.3 is 5.97 Å². The van der Waals surface area contributed by atoms with Crippen molar-refractivity contribution in [3.8, 4) is 17.0 Å². The molecule has 0 fully saturated rings. The van der Waals surface area contributed by atoms with Crippen molar-refractivity contribution in [1.29, 1.82) is 0 Å². The molecule has 2 heterocycles. The molecule has 0 bridgehead atoms. The molecule has 0 saturated heterocycles. The molecule has 0 spiro atoms. The maximum Gasteiger partial charge on any atom is 0.311 e. The van der Waals surface area contributed by atoms with E-state index in [1.54, 1.807) is 43.6 Å². The predicted octanol–water partition coefficient (Wildman–Crippen LogP) is 2.56. The number of aromatic nitrogens is 4. The average molecular weight is 460 g/mol. The third-order valence-corrected chi connectivity index (χ3v) is 5.74. The Hall–Kier alpha value is -4.11. The van der Waals surface area contributed by atoms with Gasteiger partial charge in [-0.15, -0.1) is 5.10 Å². The molecule has 0 radical (unpaired) electrons. The highest BCUT2D eigenvalue weighted by Crippen LogP contribution is 2.22. The van der Waals surface area contributed by atoms with E-state index >= 15 is 0 Å². The van der Waals surface area contributed by atoms with Gasteiger partial charge in [-0.05, 0) is 42.2 Å². The molecule has 34 heavy (non-hydrogen) atoms. The normalized spacial score (nSPS) is 12.9. The first kappa shape index (κ1) is 23.1. The summed E-state index contributed by atoms with van der Waals surface area (Å²) >= 11 is 0. The van der Waals surface area contributed by atoms with Crippen LogP contribution in [0.2, 0.25) is 0 Å². The number of aliphatic hydroxyl groups is 1. The highest BCUT2D eigenvalue weighted by molar-refractivity contribution is 5.76. The Bertz CT molecular complexity index is 1340. The fraction of sp³-hybridized carbons (Fsp3) is 0.240. The van der Waals surface area contributed by atoms with Crippen molar-refractivity contribution in [2.24, 2.45) is 5.92 Å². The van der Waals surface area contributed by atoms with E-state index in [4.69, 9.17) is 4.74 Å². The summed E-state index contributed by atoms with van der Waals surface area (Å²) in [6, 6.07) is 18.2. The van der Waals surface area contributed by atoms with Gasteiger partial charge in [-0.2, -0.15) is 0 Å². The van der Waals surface area contributed by atoms with Crippen LogP contribution in [0.4, 0.5) is 0 Å². The largest absolute Gasteiger partial charge is 0.481 e. The summed E-state index contributed by atoms with van der Waals surface area (Å²) in [6.07, 6.45) is 1.26. The minimum absolute atomic E-state index is 0.218. The monoisotopic (exact) mass is 460 g/mol. The number of aliphatic hydroxyl groups excluding tert-OH is 1. The van der Waals surface area contributed by atoms with Crippen LogP contribution in [0.25, 0.3) is 22.0 Å². The molecular formula is C25H24N4O5. The first-order valence-electron chi connectivity index (χ1n) is 10.8. The summed E-state index contributed by atoms with van der Waals surface area (Å²) in [5.74, 6) is -1.85. The van der Waals surface area contributed by atoms with Crippen molar-refractivity contribution in [2.45, 2.75) is 25.5 Å². The Labute approximate surface area is 195 Å². The molecule has 174 valence electrons. The predicted molar refractivity (Wildman–Crippen MR) is 125 cm³/mol. The number of carboxylic acids is 1. The number of rotatable bonds is 9. The Morgan fingerprint density at radius 3 is 2.47 bits per heavy atom. The van der Waals surface area contributed by atoms with Crippen LogP contribution in [0.3, 0.4) is 0 Å². The molecule has 0 unspecified atom stereocenters. The SMILES string of the molecule is COc1ccc(-c2ccc(CC[C@@H](O)[C@H](Cn3nnc4ccccc4c3=O)C(=O)O)cc2)cn1. The van der Waals surface area contributed by atoms with Gasteiger partial charge in [0.05, 0.1) is 25.1 Å². The number of methoxy groups -OCH3 is 1. The Morgan fingerprint density at radius 1 is 1.06 bits per heavy atom. The number of pyridine rings is 1. The topological polar surface area (TPSA) is 127 Å². The second-order valence-electron chi connectivity index (χ2n) is 7.93. The number of carboxylic acid groups (broad SMARTS) is 1. The Morgan fingerprint density at radius 2 is 1.79 bits per heavy atom. The van der Waals surface area contributed by atoms with Crippen LogP contribution >= 0.6 is 0 Å². The lowest BCUT2D eigenvalue weighted by Gasteiger charge is -2.19. The maximum absolute atomic E-state index is 12.6. The van der Waals surface area contributed by atoms with Gasteiger partial charge in [-0.25, -0.2) is 9.67 Å². The number of carbonyl (C=O) groups is 1. The van der Waals surface area contributed by atoms with Crippen molar-refractivity contribution < 1.29 is 19.7 Å².